The van der Waals surface area contributed by atoms with Crippen molar-refractivity contribution in [1.29, 1.82) is 5.41 Å². The molecule has 0 radical (unpaired) electrons. The van der Waals surface area contributed by atoms with Gasteiger partial charge in [-0.1, -0.05) is 42.6 Å². The van der Waals surface area contributed by atoms with Crippen LogP contribution in [0.5, 0.6) is 5.75 Å². The average molecular weight is 527 g/mol. The average Bonchev–Trinajstić information content (AvgIpc) is 2.90. The third-order valence-electron chi connectivity index (χ3n) is 6.54. The Morgan fingerprint density at radius 2 is 1.86 bits per heavy atom. The molecule has 1 aliphatic carbocycles. The van der Waals surface area contributed by atoms with Gasteiger partial charge in [0.1, 0.15) is 23.3 Å². The molecule has 7 nitrogen and oxygen atoms in total. The zero-order chi connectivity index (χ0) is 26.9. The molecule has 0 spiro atoms. The molecular weight excluding hydrogens is 492 g/mol. The smallest absolute Gasteiger partial charge is 0.309 e. The molecule has 0 amide bonds. The van der Waals surface area contributed by atoms with Crippen LogP contribution in [0.25, 0.3) is 5.76 Å². The van der Waals surface area contributed by atoms with Crippen LogP contribution in [0.2, 0.25) is 5.02 Å². The minimum Gasteiger partial charge on any atom is -0.505 e. The van der Waals surface area contributed by atoms with Gasteiger partial charge in [-0.05, 0) is 63.6 Å². The third kappa shape index (κ3) is 7.52. The van der Waals surface area contributed by atoms with E-state index in [2.05, 4.69) is 11.9 Å². The van der Waals surface area contributed by atoms with Crippen LogP contribution in [0.3, 0.4) is 0 Å². The van der Waals surface area contributed by atoms with E-state index in [1.54, 1.807) is 37.3 Å². The Morgan fingerprint density at radius 3 is 2.51 bits per heavy atom. The number of carbonyl (C=O) groups is 1. The quantitative estimate of drug-likeness (QED) is 0.169. The first-order chi connectivity index (χ1) is 17.7. The van der Waals surface area contributed by atoms with Gasteiger partial charge in [0.2, 0.25) is 0 Å². The summed E-state index contributed by atoms with van der Waals surface area (Å²) in [7, 11) is 1.42. The van der Waals surface area contributed by atoms with Crippen molar-refractivity contribution in [3.05, 3.63) is 82.8 Å². The molecule has 8 heteroatoms. The number of aliphatic hydroxyl groups excluding tert-OH is 1. The number of aliphatic hydroxyl groups is 1. The SMILES string of the molecule is C=C(N/C(C(C)=N)=C(/O)c1ccc(OCC2CCCCC2C(=O)OC)cc1)OC(C)c1ccccc1Cl. The number of halogens is 1. The molecule has 1 saturated carbocycles. The summed E-state index contributed by atoms with van der Waals surface area (Å²) >= 11 is 6.25. The van der Waals surface area contributed by atoms with Crippen molar-refractivity contribution in [2.45, 2.75) is 45.6 Å². The summed E-state index contributed by atoms with van der Waals surface area (Å²) in [6, 6.07) is 14.3. The lowest BCUT2D eigenvalue weighted by Gasteiger charge is -2.29. The lowest BCUT2D eigenvalue weighted by Crippen LogP contribution is -2.32. The van der Waals surface area contributed by atoms with Crippen LogP contribution in [-0.4, -0.2) is 30.5 Å². The molecule has 0 heterocycles. The van der Waals surface area contributed by atoms with E-state index >= 15 is 0 Å². The van der Waals surface area contributed by atoms with Crippen molar-refractivity contribution in [2.24, 2.45) is 11.8 Å². The molecule has 0 bridgehead atoms. The van der Waals surface area contributed by atoms with Gasteiger partial charge in [-0.15, -0.1) is 0 Å². The van der Waals surface area contributed by atoms with Gasteiger partial charge in [-0.25, -0.2) is 0 Å². The standard InChI is InChI=1S/C29H35ClN2O5/c1-18(31)27(32-20(3)37-19(2)24-10-7-8-12-26(24)30)28(33)21-13-15-23(16-14-21)36-17-22-9-5-6-11-25(22)29(34)35-4/h7-8,10,12-16,19,22,25,31-33H,3,5-6,9,11,17H2,1-2,4H3/b28-27+,31-18?. The summed E-state index contributed by atoms with van der Waals surface area (Å²) in [5, 5.41) is 22.5. The summed E-state index contributed by atoms with van der Waals surface area (Å²) in [5.74, 6) is 0.496. The van der Waals surface area contributed by atoms with E-state index in [1.807, 2.05) is 25.1 Å². The predicted octanol–water partition coefficient (Wildman–Crippen LogP) is 6.80. The van der Waals surface area contributed by atoms with E-state index in [9.17, 15) is 9.90 Å². The first-order valence-electron chi connectivity index (χ1n) is 12.4. The maximum Gasteiger partial charge on any atom is 0.309 e. The van der Waals surface area contributed by atoms with Crippen LogP contribution in [0.1, 0.15) is 56.8 Å². The largest absolute Gasteiger partial charge is 0.505 e. The normalized spacial score (nSPS) is 18.7. The number of benzene rings is 2. The van der Waals surface area contributed by atoms with E-state index < -0.39 is 0 Å². The molecule has 1 fully saturated rings. The maximum absolute atomic E-state index is 12.1. The number of carbonyl (C=O) groups excluding carboxylic acids is 1. The van der Waals surface area contributed by atoms with Gasteiger partial charge in [-0.2, -0.15) is 0 Å². The number of rotatable bonds is 11. The predicted molar refractivity (Wildman–Crippen MR) is 146 cm³/mol. The van der Waals surface area contributed by atoms with Crippen LogP contribution < -0.4 is 10.1 Å². The Labute approximate surface area is 223 Å². The second-order valence-corrected chi connectivity index (χ2v) is 9.60. The van der Waals surface area contributed by atoms with Crippen LogP contribution >= 0.6 is 11.6 Å². The molecule has 0 aliphatic heterocycles. The highest BCUT2D eigenvalue weighted by Gasteiger charge is 2.32. The number of hydrogen-bond acceptors (Lipinski definition) is 7. The molecule has 198 valence electrons. The molecule has 3 rings (SSSR count). The van der Waals surface area contributed by atoms with Crippen molar-refractivity contribution < 1.29 is 24.1 Å². The van der Waals surface area contributed by atoms with Gasteiger partial charge >= 0.3 is 5.97 Å². The fourth-order valence-corrected chi connectivity index (χ4v) is 4.80. The summed E-state index contributed by atoms with van der Waals surface area (Å²) in [5.41, 5.74) is 1.58. The van der Waals surface area contributed by atoms with Crippen LogP contribution in [0.15, 0.2) is 66.7 Å². The van der Waals surface area contributed by atoms with Crippen LogP contribution in [0.4, 0.5) is 0 Å². The molecule has 0 aromatic heterocycles. The topological polar surface area (TPSA) is 101 Å². The maximum atomic E-state index is 12.1. The molecule has 3 atom stereocenters. The molecule has 0 saturated heterocycles. The Hall–Kier alpha value is -3.45. The van der Waals surface area contributed by atoms with E-state index in [0.29, 0.717) is 22.9 Å². The summed E-state index contributed by atoms with van der Waals surface area (Å²) in [6.07, 6.45) is 3.46. The third-order valence-corrected chi connectivity index (χ3v) is 6.89. The minimum absolute atomic E-state index is 0.110. The Kier molecular flexibility index (Phi) is 10.0. The van der Waals surface area contributed by atoms with Crippen molar-refractivity contribution in [2.75, 3.05) is 13.7 Å². The van der Waals surface area contributed by atoms with Crippen molar-refractivity contribution >= 4 is 29.0 Å². The zero-order valence-electron chi connectivity index (χ0n) is 21.6. The van der Waals surface area contributed by atoms with E-state index in [1.165, 1.54) is 7.11 Å². The van der Waals surface area contributed by atoms with Gasteiger partial charge in [0.25, 0.3) is 0 Å². The molecule has 3 N–H and O–H groups in total. The summed E-state index contributed by atoms with van der Waals surface area (Å²) in [4.78, 5) is 12.1. The monoisotopic (exact) mass is 526 g/mol. The number of hydrogen-bond donors (Lipinski definition) is 3. The number of ether oxygens (including phenoxy) is 3. The number of nitrogens with one attached hydrogen (secondary N) is 2. The molecular formula is C29H35ClN2O5. The Bertz CT molecular complexity index is 1150. The lowest BCUT2D eigenvalue weighted by atomic mass is 9.80. The second-order valence-electron chi connectivity index (χ2n) is 9.19. The lowest BCUT2D eigenvalue weighted by molar-refractivity contribution is -0.149. The van der Waals surface area contributed by atoms with E-state index in [4.69, 9.17) is 31.2 Å². The highest BCUT2D eigenvalue weighted by molar-refractivity contribution is 6.31. The van der Waals surface area contributed by atoms with Gasteiger partial charge in [0.15, 0.2) is 5.88 Å². The van der Waals surface area contributed by atoms with E-state index in [0.717, 1.165) is 31.2 Å². The Morgan fingerprint density at radius 1 is 1.19 bits per heavy atom. The number of esters is 1. The van der Waals surface area contributed by atoms with Crippen molar-refractivity contribution in [1.82, 2.24) is 5.32 Å². The van der Waals surface area contributed by atoms with Crippen molar-refractivity contribution in [3.63, 3.8) is 0 Å². The van der Waals surface area contributed by atoms with Gasteiger partial charge < -0.3 is 30.0 Å². The number of methoxy groups -OCH3 is 1. The highest BCUT2D eigenvalue weighted by Crippen LogP contribution is 2.32. The molecule has 3 unspecified atom stereocenters. The first-order valence-corrected chi connectivity index (χ1v) is 12.8. The van der Waals surface area contributed by atoms with Crippen LogP contribution in [-0.2, 0) is 14.3 Å². The van der Waals surface area contributed by atoms with Crippen LogP contribution in [0, 0.1) is 17.2 Å². The molecule has 2 aromatic carbocycles. The summed E-state index contributed by atoms with van der Waals surface area (Å²) < 4.78 is 16.8. The summed E-state index contributed by atoms with van der Waals surface area (Å²) in [6.45, 7) is 7.71. The number of allylic oxidation sites excluding steroid dienone is 1. The van der Waals surface area contributed by atoms with Crippen molar-refractivity contribution in [3.8, 4) is 5.75 Å². The fourth-order valence-electron chi connectivity index (χ4n) is 4.51. The zero-order valence-corrected chi connectivity index (χ0v) is 22.3. The van der Waals surface area contributed by atoms with Gasteiger partial charge in [0, 0.05) is 22.1 Å². The van der Waals surface area contributed by atoms with Gasteiger partial charge in [-0.3, -0.25) is 4.79 Å². The minimum atomic E-state index is -0.387. The fraction of sp³-hybridized carbons (Fsp3) is 0.379. The molecule has 37 heavy (non-hydrogen) atoms. The Balaban J connectivity index is 1.65. The first kappa shape index (κ1) is 28.1. The van der Waals surface area contributed by atoms with Gasteiger partial charge in [0.05, 0.1) is 25.3 Å². The van der Waals surface area contributed by atoms with E-state index in [-0.39, 0.29) is 47.0 Å². The second kappa shape index (κ2) is 13.2. The molecule has 1 aliphatic rings. The molecule has 2 aromatic rings. The highest BCUT2D eigenvalue weighted by atomic mass is 35.5.